The van der Waals surface area contributed by atoms with Crippen LogP contribution in [0.25, 0.3) is 16.8 Å². The van der Waals surface area contributed by atoms with Crippen LogP contribution in [0, 0.1) is 0 Å². The summed E-state index contributed by atoms with van der Waals surface area (Å²) in [6.07, 6.45) is 3.50. The van der Waals surface area contributed by atoms with Gasteiger partial charge in [0, 0.05) is 11.8 Å². The highest BCUT2D eigenvalue weighted by Crippen LogP contribution is 2.26. The topological polar surface area (TPSA) is 30.2 Å². The van der Waals surface area contributed by atoms with Gasteiger partial charge in [-0.1, -0.05) is 38.1 Å². The standard InChI is InChI=1S/C15H15N3/c1-11(2)12-5-3-6-13(9-12)14-7-4-8-18-15(14)16-10-17-18/h3-11H,1-2H3. The van der Waals surface area contributed by atoms with E-state index in [1.165, 1.54) is 11.1 Å². The van der Waals surface area contributed by atoms with Gasteiger partial charge in [0.2, 0.25) is 0 Å². The summed E-state index contributed by atoms with van der Waals surface area (Å²) < 4.78 is 1.80. The van der Waals surface area contributed by atoms with Gasteiger partial charge in [0.25, 0.3) is 0 Å². The number of aromatic nitrogens is 3. The molecule has 3 aromatic rings. The van der Waals surface area contributed by atoms with Crippen molar-refractivity contribution in [3.63, 3.8) is 0 Å². The lowest BCUT2D eigenvalue weighted by Gasteiger charge is -2.08. The zero-order chi connectivity index (χ0) is 12.5. The minimum atomic E-state index is 0.530. The van der Waals surface area contributed by atoms with Gasteiger partial charge in [-0.3, -0.25) is 0 Å². The van der Waals surface area contributed by atoms with Gasteiger partial charge in [-0.25, -0.2) is 9.50 Å². The smallest absolute Gasteiger partial charge is 0.163 e. The van der Waals surface area contributed by atoms with Crippen LogP contribution in [-0.4, -0.2) is 14.6 Å². The highest BCUT2D eigenvalue weighted by Gasteiger charge is 2.07. The Morgan fingerprint density at radius 3 is 2.83 bits per heavy atom. The monoisotopic (exact) mass is 237 g/mol. The van der Waals surface area contributed by atoms with Gasteiger partial charge in [0.15, 0.2) is 5.65 Å². The number of benzene rings is 1. The number of hydrogen-bond donors (Lipinski definition) is 0. The van der Waals surface area contributed by atoms with Crippen molar-refractivity contribution in [1.82, 2.24) is 14.6 Å². The van der Waals surface area contributed by atoms with E-state index in [9.17, 15) is 0 Å². The zero-order valence-corrected chi connectivity index (χ0v) is 10.5. The molecule has 18 heavy (non-hydrogen) atoms. The number of nitrogens with zero attached hydrogens (tertiary/aromatic N) is 3. The van der Waals surface area contributed by atoms with Crippen molar-refractivity contribution in [3.8, 4) is 11.1 Å². The summed E-state index contributed by atoms with van der Waals surface area (Å²) in [5, 5.41) is 4.17. The van der Waals surface area contributed by atoms with Crippen LogP contribution in [0.4, 0.5) is 0 Å². The van der Waals surface area contributed by atoms with Crippen LogP contribution in [0.15, 0.2) is 48.9 Å². The highest BCUT2D eigenvalue weighted by molar-refractivity contribution is 5.77. The minimum Gasteiger partial charge on any atom is -0.221 e. The fourth-order valence-electron chi connectivity index (χ4n) is 2.14. The molecule has 0 aliphatic rings. The largest absolute Gasteiger partial charge is 0.221 e. The third-order valence-electron chi connectivity index (χ3n) is 3.17. The van der Waals surface area contributed by atoms with Gasteiger partial charge in [-0.05, 0) is 29.2 Å². The highest BCUT2D eigenvalue weighted by atomic mass is 15.3. The Balaban J connectivity index is 2.20. The summed E-state index contributed by atoms with van der Waals surface area (Å²) >= 11 is 0. The second-order valence-electron chi connectivity index (χ2n) is 4.73. The molecule has 0 saturated carbocycles. The van der Waals surface area contributed by atoms with Gasteiger partial charge >= 0.3 is 0 Å². The molecule has 3 rings (SSSR count). The molecule has 0 radical (unpaired) electrons. The summed E-state index contributed by atoms with van der Waals surface area (Å²) in [5.41, 5.74) is 4.56. The molecule has 0 aliphatic heterocycles. The molecule has 1 aromatic carbocycles. The lowest BCUT2D eigenvalue weighted by atomic mass is 9.98. The normalized spacial score (nSPS) is 11.3. The molecule has 2 aromatic heterocycles. The number of fused-ring (bicyclic) bond motifs is 1. The molecule has 0 aliphatic carbocycles. The van der Waals surface area contributed by atoms with Gasteiger partial charge < -0.3 is 0 Å². The lowest BCUT2D eigenvalue weighted by molar-refractivity contribution is 0.867. The lowest BCUT2D eigenvalue weighted by Crippen LogP contribution is -1.91. The van der Waals surface area contributed by atoms with E-state index in [-0.39, 0.29) is 0 Å². The molecule has 0 N–H and O–H groups in total. The molecule has 0 atom stereocenters. The molecule has 90 valence electrons. The summed E-state index contributed by atoms with van der Waals surface area (Å²) in [6.45, 7) is 4.41. The van der Waals surface area contributed by atoms with Crippen molar-refractivity contribution in [2.75, 3.05) is 0 Å². The fourth-order valence-corrected chi connectivity index (χ4v) is 2.14. The van der Waals surface area contributed by atoms with E-state index in [0.717, 1.165) is 11.2 Å². The minimum absolute atomic E-state index is 0.530. The first-order chi connectivity index (χ1) is 8.75. The number of pyridine rings is 1. The summed E-state index contributed by atoms with van der Waals surface area (Å²) in [5.74, 6) is 0.530. The van der Waals surface area contributed by atoms with Gasteiger partial charge in [0.1, 0.15) is 6.33 Å². The second kappa shape index (κ2) is 4.26. The van der Waals surface area contributed by atoms with E-state index in [0.29, 0.717) is 5.92 Å². The molecule has 0 fully saturated rings. The first-order valence-electron chi connectivity index (χ1n) is 6.14. The quantitative estimate of drug-likeness (QED) is 0.682. The molecule has 0 bridgehead atoms. The Morgan fingerprint density at radius 2 is 2.00 bits per heavy atom. The molecule has 2 heterocycles. The van der Waals surface area contributed by atoms with E-state index < -0.39 is 0 Å². The van der Waals surface area contributed by atoms with Crippen molar-refractivity contribution >= 4 is 5.65 Å². The molecule has 3 nitrogen and oxygen atoms in total. The number of hydrogen-bond acceptors (Lipinski definition) is 2. The summed E-state index contributed by atoms with van der Waals surface area (Å²) in [4.78, 5) is 4.32. The third kappa shape index (κ3) is 1.78. The molecule has 0 unspecified atom stereocenters. The Kier molecular flexibility index (Phi) is 2.59. The van der Waals surface area contributed by atoms with Crippen molar-refractivity contribution in [3.05, 3.63) is 54.5 Å². The van der Waals surface area contributed by atoms with Crippen LogP contribution in [-0.2, 0) is 0 Å². The predicted molar refractivity (Wildman–Crippen MR) is 72.5 cm³/mol. The van der Waals surface area contributed by atoms with Gasteiger partial charge in [0.05, 0.1) is 0 Å². The van der Waals surface area contributed by atoms with Crippen LogP contribution in [0.2, 0.25) is 0 Å². The average Bonchev–Trinajstić information content (AvgIpc) is 2.87. The van der Waals surface area contributed by atoms with E-state index in [2.05, 4.69) is 54.3 Å². The van der Waals surface area contributed by atoms with Crippen LogP contribution < -0.4 is 0 Å². The van der Waals surface area contributed by atoms with Crippen molar-refractivity contribution in [2.45, 2.75) is 19.8 Å². The van der Waals surface area contributed by atoms with E-state index in [1.807, 2.05) is 12.3 Å². The molecule has 0 amide bonds. The average molecular weight is 237 g/mol. The molecular formula is C15H15N3. The Labute approximate surface area is 106 Å². The maximum absolute atomic E-state index is 4.32. The molecule has 0 spiro atoms. The summed E-state index contributed by atoms with van der Waals surface area (Å²) in [6, 6.07) is 12.7. The van der Waals surface area contributed by atoms with Crippen LogP contribution in [0.1, 0.15) is 25.3 Å². The molecular weight excluding hydrogens is 222 g/mol. The predicted octanol–water partition coefficient (Wildman–Crippen LogP) is 3.52. The zero-order valence-electron chi connectivity index (χ0n) is 10.5. The first kappa shape index (κ1) is 11.0. The first-order valence-corrected chi connectivity index (χ1v) is 6.14. The molecule has 0 saturated heterocycles. The maximum atomic E-state index is 4.32. The SMILES string of the molecule is CC(C)c1cccc(-c2cccn3ncnc23)c1. The van der Waals surface area contributed by atoms with Crippen molar-refractivity contribution in [2.24, 2.45) is 0 Å². The molecule has 3 heteroatoms. The Bertz CT molecular complexity index is 683. The maximum Gasteiger partial charge on any atom is 0.163 e. The van der Waals surface area contributed by atoms with Crippen molar-refractivity contribution in [1.29, 1.82) is 0 Å². The van der Waals surface area contributed by atoms with Gasteiger partial charge in [-0.15, -0.1) is 0 Å². The van der Waals surface area contributed by atoms with Crippen LogP contribution in [0.3, 0.4) is 0 Å². The van der Waals surface area contributed by atoms with E-state index in [1.54, 1.807) is 10.8 Å². The number of rotatable bonds is 2. The second-order valence-corrected chi connectivity index (χ2v) is 4.73. The Hall–Kier alpha value is -2.16. The van der Waals surface area contributed by atoms with E-state index >= 15 is 0 Å². The van der Waals surface area contributed by atoms with Crippen LogP contribution in [0.5, 0.6) is 0 Å². The fraction of sp³-hybridized carbons (Fsp3) is 0.200. The third-order valence-corrected chi connectivity index (χ3v) is 3.17. The summed E-state index contributed by atoms with van der Waals surface area (Å²) in [7, 11) is 0. The Morgan fingerprint density at radius 1 is 1.11 bits per heavy atom. The van der Waals surface area contributed by atoms with Crippen LogP contribution >= 0.6 is 0 Å². The van der Waals surface area contributed by atoms with E-state index in [4.69, 9.17) is 0 Å². The van der Waals surface area contributed by atoms with Crippen molar-refractivity contribution < 1.29 is 0 Å². The van der Waals surface area contributed by atoms with Gasteiger partial charge in [-0.2, -0.15) is 5.10 Å².